The van der Waals surface area contributed by atoms with Gasteiger partial charge in [-0.3, -0.25) is 14.4 Å². The third-order valence-corrected chi connectivity index (χ3v) is 8.33. The van der Waals surface area contributed by atoms with Crippen LogP contribution in [0.1, 0.15) is 67.9 Å². The number of aromatic nitrogens is 1. The lowest BCUT2D eigenvalue weighted by Crippen LogP contribution is -2.34. The minimum Gasteiger partial charge on any atom is -0.350 e. The van der Waals surface area contributed by atoms with E-state index in [1.807, 2.05) is 0 Å². The lowest BCUT2D eigenvalue weighted by atomic mass is 9.94. The Balaban J connectivity index is 1.65. The predicted molar refractivity (Wildman–Crippen MR) is 138 cm³/mol. The fraction of sp³-hybridized carbons (Fsp3) is 0.500. The summed E-state index contributed by atoms with van der Waals surface area (Å²) in [4.78, 5) is 35.5. The molecule has 2 amide bonds. The number of carbonyl (C=O) groups is 3. The number of amides is 2. The number of nitrogens with one attached hydrogen (secondary N) is 3. The van der Waals surface area contributed by atoms with Crippen molar-refractivity contribution in [1.82, 2.24) is 14.6 Å². The fourth-order valence-electron chi connectivity index (χ4n) is 4.76. The van der Waals surface area contributed by atoms with Gasteiger partial charge in [0.15, 0.2) is 5.82 Å². The van der Waals surface area contributed by atoms with E-state index in [2.05, 4.69) is 15.4 Å². The summed E-state index contributed by atoms with van der Waals surface area (Å²) < 4.78 is 83.8. The topological polar surface area (TPSA) is 126 Å². The molecule has 2 unspecified atom stereocenters. The number of likely N-dealkylation sites (N-methyl/N-ethyl adjacent to an activating group) is 1. The second-order valence-corrected chi connectivity index (χ2v) is 11.5. The first-order valence-corrected chi connectivity index (χ1v) is 14.4. The summed E-state index contributed by atoms with van der Waals surface area (Å²) in [7, 11) is -3.13. The molecule has 0 aliphatic heterocycles. The van der Waals surface area contributed by atoms with Gasteiger partial charge in [0.1, 0.15) is 10.6 Å². The van der Waals surface area contributed by atoms with E-state index in [0.29, 0.717) is 44.7 Å². The molecule has 1 saturated carbocycles. The molecular formula is C26H32F4N4O5S. The summed E-state index contributed by atoms with van der Waals surface area (Å²) in [6, 6.07) is 3.28. The summed E-state index contributed by atoms with van der Waals surface area (Å²) in [6.07, 6.45) is -0.155. The third-order valence-electron chi connectivity index (χ3n) is 6.82. The van der Waals surface area contributed by atoms with Crippen molar-refractivity contribution in [1.29, 1.82) is 0 Å². The quantitative estimate of drug-likeness (QED) is 0.219. The molecule has 9 nitrogen and oxygen atoms in total. The Morgan fingerprint density at radius 2 is 1.82 bits per heavy atom. The first-order chi connectivity index (χ1) is 18.7. The van der Waals surface area contributed by atoms with Crippen LogP contribution in [-0.4, -0.2) is 43.2 Å². The van der Waals surface area contributed by atoms with Crippen LogP contribution in [0.5, 0.6) is 0 Å². The highest BCUT2D eigenvalue weighted by Gasteiger charge is 2.33. The predicted octanol–water partition coefficient (Wildman–Crippen LogP) is 4.15. The number of nitrogens with zero attached hydrogens (tertiary/aromatic N) is 1. The largest absolute Gasteiger partial charge is 0.416 e. The fourth-order valence-corrected chi connectivity index (χ4v) is 6.19. The van der Waals surface area contributed by atoms with Gasteiger partial charge in [0.05, 0.1) is 5.56 Å². The van der Waals surface area contributed by atoms with Crippen molar-refractivity contribution in [2.75, 3.05) is 11.9 Å². The van der Waals surface area contributed by atoms with Gasteiger partial charge in [-0.05, 0) is 56.7 Å². The highest BCUT2D eigenvalue weighted by molar-refractivity contribution is 7.89. The Bertz CT molecular complexity index is 1360. The summed E-state index contributed by atoms with van der Waals surface area (Å²) in [5.74, 6) is -3.41. The molecule has 14 heteroatoms. The van der Waals surface area contributed by atoms with E-state index in [0.717, 1.165) is 29.3 Å². The van der Waals surface area contributed by atoms with E-state index in [-0.39, 0.29) is 18.0 Å². The molecule has 1 heterocycles. The maximum Gasteiger partial charge on any atom is 0.416 e. The molecule has 0 bridgehead atoms. The lowest BCUT2D eigenvalue weighted by Gasteiger charge is -2.16. The van der Waals surface area contributed by atoms with Crippen molar-refractivity contribution in [3.8, 4) is 0 Å². The maximum atomic E-state index is 15.3. The summed E-state index contributed by atoms with van der Waals surface area (Å²) in [6.45, 7) is 2.08. The molecule has 1 aliphatic rings. The van der Waals surface area contributed by atoms with Gasteiger partial charge in [0.2, 0.25) is 15.8 Å². The summed E-state index contributed by atoms with van der Waals surface area (Å²) in [5, 5.41) is 4.65. The van der Waals surface area contributed by atoms with Gasteiger partial charge in [-0.25, -0.2) is 17.5 Å². The third kappa shape index (κ3) is 7.90. The van der Waals surface area contributed by atoms with Gasteiger partial charge < -0.3 is 15.2 Å². The van der Waals surface area contributed by atoms with Crippen molar-refractivity contribution < 1.29 is 40.4 Å². The first-order valence-electron chi connectivity index (χ1n) is 12.9. The van der Waals surface area contributed by atoms with Gasteiger partial charge >= 0.3 is 6.18 Å². The van der Waals surface area contributed by atoms with Gasteiger partial charge in [-0.15, -0.1) is 0 Å². The second-order valence-electron chi connectivity index (χ2n) is 9.81. The average Bonchev–Trinajstić information content (AvgIpc) is 3.03. The number of alkyl halides is 3. The van der Waals surface area contributed by atoms with E-state index >= 15 is 4.39 Å². The second kappa shape index (κ2) is 12.9. The molecule has 1 aromatic carbocycles. The van der Waals surface area contributed by atoms with Gasteiger partial charge in [-0.1, -0.05) is 18.9 Å². The average molecular weight is 589 g/mol. The van der Waals surface area contributed by atoms with Gasteiger partial charge in [0.25, 0.3) is 11.8 Å². The molecule has 1 aromatic heterocycles. The maximum absolute atomic E-state index is 15.3. The normalized spacial score (nSPS) is 18.1. The summed E-state index contributed by atoms with van der Waals surface area (Å²) in [5.41, 5.74) is -1.90. The number of ketones is 1. The molecule has 1 aliphatic carbocycles. The van der Waals surface area contributed by atoms with Crippen molar-refractivity contribution in [2.45, 2.75) is 69.0 Å². The monoisotopic (exact) mass is 588 g/mol. The Morgan fingerprint density at radius 3 is 2.50 bits per heavy atom. The number of rotatable bonds is 10. The molecular weight excluding hydrogens is 556 g/mol. The SMILES string of the molecule is CCNC(=O)C(=O)CCC1CCCC(NS(=O)(=O)c2cn(C)c(C(=O)Nc3cccc(C(F)(F)F)c3)c2F)CC1. The van der Waals surface area contributed by atoms with Crippen LogP contribution in [0.25, 0.3) is 0 Å². The molecule has 40 heavy (non-hydrogen) atoms. The number of hydrogen-bond acceptors (Lipinski definition) is 5. The van der Waals surface area contributed by atoms with Crippen molar-refractivity contribution in [3.63, 3.8) is 0 Å². The molecule has 0 radical (unpaired) electrons. The number of halogens is 4. The van der Waals surface area contributed by atoms with E-state index in [9.17, 15) is 36.0 Å². The zero-order valence-corrected chi connectivity index (χ0v) is 22.9. The standard InChI is InChI=1S/C26H32F4N4O5S/c1-3-31-24(36)20(35)13-11-16-6-4-8-18(12-10-16)33-40(38,39)21-15-34(2)23(22(21)27)25(37)32-19-9-5-7-17(14-19)26(28,29)30/h5,7,9,14-16,18,33H,3-4,6,8,10-13H2,1-2H3,(H,31,36)(H,32,37). The van der Waals surface area contributed by atoms with Crippen LogP contribution in [0.2, 0.25) is 0 Å². The number of hydrogen-bond donors (Lipinski definition) is 3. The molecule has 0 spiro atoms. The minimum atomic E-state index is -4.65. The van der Waals surface area contributed by atoms with Crippen LogP contribution in [0.3, 0.4) is 0 Å². The highest BCUT2D eigenvalue weighted by atomic mass is 32.2. The van der Waals surface area contributed by atoms with Crippen LogP contribution in [0, 0.1) is 11.7 Å². The van der Waals surface area contributed by atoms with Crippen molar-refractivity contribution in [3.05, 3.63) is 47.5 Å². The molecule has 2 aromatic rings. The molecule has 3 rings (SSSR count). The van der Waals surface area contributed by atoms with Crippen LogP contribution in [-0.2, 0) is 32.8 Å². The lowest BCUT2D eigenvalue weighted by molar-refractivity contribution is -0.138. The molecule has 2 atom stereocenters. The van der Waals surface area contributed by atoms with E-state index in [4.69, 9.17) is 0 Å². The number of Topliss-reactive ketones (excluding diaryl/α,β-unsaturated/α-hetero) is 1. The number of benzene rings is 1. The van der Waals surface area contributed by atoms with E-state index < -0.39 is 61.8 Å². The van der Waals surface area contributed by atoms with E-state index in [1.165, 1.54) is 13.1 Å². The molecule has 3 N–H and O–H groups in total. The number of carbonyl (C=O) groups excluding carboxylic acids is 3. The van der Waals surface area contributed by atoms with Crippen LogP contribution < -0.4 is 15.4 Å². The molecule has 0 saturated heterocycles. The van der Waals surface area contributed by atoms with Gasteiger partial charge in [0, 0.05) is 37.9 Å². The van der Waals surface area contributed by atoms with Gasteiger partial charge in [-0.2, -0.15) is 13.2 Å². The number of anilines is 1. The minimum absolute atomic E-state index is 0.105. The van der Waals surface area contributed by atoms with Crippen LogP contribution in [0.4, 0.5) is 23.2 Å². The Hall–Kier alpha value is -3.26. The van der Waals surface area contributed by atoms with E-state index in [1.54, 1.807) is 6.92 Å². The number of sulfonamides is 1. The van der Waals surface area contributed by atoms with Crippen LogP contribution >= 0.6 is 0 Å². The van der Waals surface area contributed by atoms with Crippen LogP contribution in [0.15, 0.2) is 35.4 Å². The smallest absolute Gasteiger partial charge is 0.350 e. The highest BCUT2D eigenvalue weighted by Crippen LogP contribution is 2.31. The zero-order chi connectivity index (χ0) is 29.7. The van der Waals surface area contributed by atoms with Crippen molar-refractivity contribution in [2.24, 2.45) is 13.0 Å². The van der Waals surface area contributed by atoms with Crippen molar-refractivity contribution >= 4 is 33.3 Å². The molecule has 220 valence electrons. The first kappa shape index (κ1) is 31.3. The Labute approximate surface area is 229 Å². The Kier molecular flexibility index (Phi) is 10.1. The summed E-state index contributed by atoms with van der Waals surface area (Å²) >= 11 is 0. The Morgan fingerprint density at radius 1 is 1.10 bits per heavy atom. The molecule has 1 fully saturated rings. The number of aryl methyl sites for hydroxylation is 1. The zero-order valence-electron chi connectivity index (χ0n) is 22.1.